The lowest BCUT2D eigenvalue weighted by molar-refractivity contribution is -0.131. The summed E-state index contributed by atoms with van der Waals surface area (Å²) < 4.78 is 16.1. The summed E-state index contributed by atoms with van der Waals surface area (Å²) in [5, 5.41) is 0. The summed E-state index contributed by atoms with van der Waals surface area (Å²) in [6.07, 6.45) is 0.967. The van der Waals surface area contributed by atoms with Gasteiger partial charge in [0, 0.05) is 0 Å². The van der Waals surface area contributed by atoms with Crippen LogP contribution in [0.15, 0.2) is 48.5 Å². The molecule has 0 radical (unpaired) electrons. The van der Waals surface area contributed by atoms with Gasteiger partial charge >= 0.3 is 0 Å². The Balaban J connectivity index is 1.76. The standard InChI is InChI=1S/C21H26N2O5/c1-4-15(2)16-9-5-6-10-17(16)27-13-20(24)22-23-21(25)14-28-19-12-8-7-11-18(19)26-3/h5-12,15H,4,13-14H2,1-3H3,(H,22,24)(H,23,25). The third kappa shape index (κ3) is 6.19. The smallest absolute Gasteiger partial charge is 0.276 e. The van der Waals surface area contributed by atoms with Crippen molar-refractivity contribution in [3.63, 3.8) is 0 Å². The molecule has 0 saturated heterocycles. The lowest BCUT2D eigenvalue weighted by Crippen LogP contribution is -2.45. The molecule has 0 saturated carbocycles. The number of nitrogens with one attached hydrogen (secondary N) is 2. The number of rotatable bonds is 9. The van der Waals surface area contributed by atoms with Gasteiger partial charge in [-0.3, -0.25) is 20.4 Å². The highest BCUT2D eigenvalue weighted by Crippen LogP contribution is 2.28. The van der Waals surface area contributed by atoms with Gasteiger partial charge in [0.15, 0.2) is 24.7 Å². The number of benzene rings is 2. The minimum absolute atomic E-state index is 0.207. The van der Waals surface area contributed by atoms with Crippen molar-refractivity contribution < 1.29 is 23.8 Å². The third-order valence-corrected chi connectivity index (χ3v) is 4.19. The Kier molecular flexibility index (Phi) is 8.14. The molecule has 0 aromatic heterocycles. The van der Waals surface area contributed by atoms with Crippen LogP contribution in [0.1, 0.15) is 31.7 Å². The zero-order valence-corrected chi connectivity index (χ0v) is 16.4. The van der Waals surface area contributed by atoms with Crippen molar-refractivity contribution in [1.29, 1.82) is 0 Å². The second kappa shape index (κ2) is 10.8. The van der Waals surface area contributed by atoms with Crippen molar-refractivity contribution in [3.8, 4) is 17.2 Å². The van der Waals surface area contributed by atoms with E-state index in [-0.39, 0.29) is 13.2 Å². The largest absolute Gasteiger partial charge is 0.493 e. The molecule has 0 aliphatic heterocycles. The van der Waals surface area contributed by atoms with Crippen LogP contribution in [0.3, 0.4) is 0 Å². The van der Waals surface area contributed by atoms with Gasteiger partial charge in [-0.05, 0) is 36.1 Å². The monoisotopic (exact) mass is 386 g/mol. The number of carbonyl (C=O) groups excluding carboxylic acids is 2. The molecule has 7 heteroatoms. The molecule has 0 fully saturated rings. The first-order chi connectivity index (χ1) is 13.5. The molecule has 150 valence electrons. The number of hydrogen-bond donors (Lipinski definition) is 2. The van der Waals surface area contributed by atoms with E-state index in [1.807, 2.05) is 24.3 Å². The average molecular weight is 386 g/mol. The normalized spacial score (nSPS) is 11.2. The second-order valence-electron chi connectivity index (χ2n) is 6.17. The van der Waals surface area contributed by atoms with Crippen LogP contribution in [0.2, 0.25) is 0 Å². The van der Waals surface area contributed by atoms with Gasteiger partial charge in [-0.15, -0.1) is 0 Å². The maximum absolute atomic E-state index is 11.9. The Morgan fingerprint density at radius 2 is 1.36 bits per heavy atom. The van der Waals surface area contributed by atoms with Crippen molar-refractivity contribution in [1.82, 2.24) is 10.9 Å². The van der Waals surface area contributed by atoms with E-state index in [1.165, 1.54) is 7.11 Å². The third-order valence-electron chi connectivity index (χ3n) is 4.19. The van der Waals surface area contributed by atoms with Crippen LogP contribution in [0.25, 0.3) is 0 Å². The number of para-hydroxylation sites is 3. The van der Waals surface area contributed by atoms with Crippen LogP contribution in [-0.2, 0) is 9.59 Å². The molecule has 2 aromatic carbocycles. The van der Waals surface area contributed by atoms with Crippen LogP contribution in [0.5, 0.6) is 17.2 Å². The number of amides is 2. The maximum Gasteiger partial charge on any atom is 0.276 e. The van der Waals surface area contributed by atoms with Gasteiger partial charge < -0.3 is 14.2 Å². The van der Waals surface area contributed by atoms with Crippen LogP contribution in [-0.4, -0.2) is 32.1 Å². The molecule has 0 bridgehead atoms. The highest BCUT2D eigenvalue weighted by atomic mass is 16.5. The minimum atomic E-state index is -0.501. The highest BCUT2D eigenvalue weighted by molar-refractivity contribution is 5.83. The molecular formula is C21H26N2O5. The lowest BCUT2D eigenvalue weighted by atomic mass is 9.98. The average Bonchev–Trinajstić information content (AvgIpc) is 2.74. The van der Waals surface area contributed by atoms with Gasteiger partial charge in [0.25, 0.3) is 11.8 Å². The Hall–Kier alpha value is -3.22. The molecule has 1 unspecified atom stereocenters. The Morgan fingerprint density at radius 3 is 1.93 bits per heavy atom. The van der Waals surface area contributed by atoms with E-state index in [2.05, 4.69) is 24.7 Å². The number of hydrazine groups is 1. The minimum Gasteiger partial charge on any atom is -0.493 e. The molecule has 0 heterocycles. The van der Waals surface area contributed by atoms with E-state index in [4.69, 9.17) is 14.2 Å². The molecule has 0 aliphatic rings. The van der Waals surface area contributed by atoms with Crippen molar-refractivity contribution in [2.45, 2.75) is 26.2 Å². The Morgan fingerprint density at radius 1 is 0.857 bits per heavy atom. The van der Waals surface area contributed by atoms with Crippen LogP contribution in [0.4, 0.5) is 0 Å². The number of carbonyl (C=O) groups is 2. The Labute approximate surface area is 165 Å². The number of hydrogen-bond acceptors (Lipinski definition) is 5. The summed E-state index contributed by atoms with van der Waals surface area (Å²) in [6, 6.07) is 14.6. The SMILES string of the molecule is CCC(C)c1ccccc1OCC(=O)NNC(=O)COc1ccccc1OC. The van der Waals surface area contributed by atoms with Gasteiger partial charge in [0.05, 0.1) is 7.11 Å². The maximum atomic E-state index is 11.9. The van der Waals surface area contributed by atoms with Gasteiger partial charge in [-0.2, -0.15) is 0 Å². The second-order valence-corrected chi connectivity index (χ2v) is 6.17. The van der Waals surface area contributed by atoms with E-state index >= 15 is 0 Å². The topological polar surface area (TPSA) is 85.9 Å². The van der Waals surface area contributed by atoms with E-state index in [1.54, 1.807) is 24.3 Å². The fraction of sp³-hybridized carbons (Fsp3) is 0.333. The number of methoxy groups -OCH3 is 1. The van der Waals surface area contributed by atoms with Gasteiger partial charge in [-0.1, -0.05) is 44.2 Å². The summed E-state index contributed by atoms with van der Waals surface area (Å²) in [7, 11) is 1.52. The molecule has 0 spiro atoms. The zero-order valence-electron chi connectivity index (χ0n) is 16.4. The van der Waals surface area contributed by atoms with Crippen molar-refractivity contribution in [3.05, 3.63) is 54.1 Å². The fourth-order valence-corrected chi connectivity index (χ4v) is 2.48. The van der Waals surface area contributed by atoms with Crippen LogP contribution in [0, 0.1) is 0 Å². The van der Waals surface area contributed by atoms with Gasteiger partial charge in [-0.25, -0.2) is 0 Å². The predicted molar refractivity (Wildman–Crippen MR) is 105 cm³/mol. The first-order valence-electron chi connectivity index (χ1n) is 9.10. The van der Waals surface area contributed by atoms with E-state index < -0.39 is 11.8 Å². The number of ether oxygens (including phenoxy) is 3. The molecule has 28 heavy (non-hydrogen) atoms. The predicted octanol–water partition coefficient (Wildman–Crippen LogP) is 2.81. The van der Waals surface area contributed by atoms with E-state index in [0.29, 0.717) is 23.2 Å². The molecule has 2 aromatic rings. The quantitative estimate of drug-likeness (QED) is 0.647. The summed E-state index contributed by atoms with van der Waals surface area (Å²) in [5.74, 6) is 0.983. The van der Waals surface area contributed by atoms with Crippen LogP contribution < -0.4 is 25.1 Å². The van der Waals surface area contributed by atoms with Crippen molar-refractivity contribution in [2.24, 2.45) is 0 Å². The molecular weight excluding hydrogens is 360 g/mol. The first-order valence-corrected chi connectivity index (χ1v) is 9.10. The Bertz CT molecular complexity index is 794. The van der Waals surface area contributed by atoms with Crippen LogP contribution >= 0.6 is 0 Å². The summed E-state index contributed by atoms with van der Waals surface area (Å²) in [6.45, 7) is 3.72. The summed E-state index contributed by atoms with van der Waals surface area (Å²) in [4.78, 5) is 23.8. The fourth-order valence-electron chi connectivity index (χ4n) is 2.48. The molecule has 2 N–H and O–H groups in total. The highest BCUT2D eigenvalue weighted by Gasteiger charge is 2.12. The van der Waals surface area contributed by atoms with E-state index in [0.717, 1.165) is 12.0 Å². The molecule has 2 amide bonds. The van der Waals surface area contributed by atoms with Gasteiger partial charge in [0.2, 0.25) is 0 Å². The van der Waals surface area contributed by atoms with Gasteiger partial charge in [0.1, 0.15) is 5.75 Å². The lowest BCUT2D eigenvalue weighted by Gasteiger charge is -2.15. The summed E-state index contributed by atoms with van der Waals surface area (Å²) in [5.41, 5.74) is 5.64. The zero-order chi connectivity index (χ0) is 20.4. The first kappa shape index (κ1) is 21.1. The molecule has 1 atom stereocenters. The molecule has 0 aliphatic carbocycles. The summed E-state index contributed by atoms with van der Waals surface area (Å²) >= 11 is 0. The van der Waals surface area contributed by atoms with E-state index in [9.17, 15) is 9.59 Å². The molecule has 2 rings (SSSR count). The van der Waals surface area contributed by atoms with Crippen molar-refractivity contribution in [2.75, 3.05) is 20.3 Å². The van der Waals surface area contributed by atoms with Crippen molar-refractivity contribution >= 4 is 11.8 Å². The molecule has 7 nitrogen and oxygen atoms in total.